The number of hydrogen-bond donors (Lipinski definition) is 0. The third-order valence-corrected chi connectivity index (χ3v) is 6.43. The first-order valence-corrected chi connectivity index (χ1v) is 10.2. The fourth-order valence-electron chi connectivity index (χ4n) is 3.01. The molecule has 0 fully saturated rings. The molecule has 0 spiro atoms. The van der Waals surface area contributed by atoms with Crippen LogP contribution in [0, 0.1) is 6.92 Å². The molecule has 0 bridgehead atoms. The Morgan fingerprint density at radius 1 is 0.889 bits per heavy atom. The third-order valence-electron chi connectivity index (χ3n) is 4.52. The van der Waals surface area contributed by atoms with Gasteiger partial charge in [0.2, 0.25) is 0 Å². The van der Waals surface area contributed by atoms with Gasteiger partial charge in [-0.25, -0.2) is 8.42 Å². The van der Waals surface area contributed by atoms with Crippen molar-refractivity contribution >= 4 is 15.7 Å². The molecule has 0 radical (unpaired) electrons. The fraction of sp³-hybridized carbons (Fsp3) is 0.182. The van der Waals surface area contributed by atoms with Crippen LogP contribution in [0.2, 0.25) is 0 Å². The number of rotatable bonds is 6. The van der Waals surface area contributed by atoms with Gasteiger partial charge in [0, 0.05) is 0 Å². The summed E-state index contributed by atoms with van der Waals surface area (Å²) >= 11 is 0. The normalized spacial score (nSPS) is 12.4. The molecule has 1 atom stereocenters. The lowest BCUT2D eigenvalue weighted by atomic mass is 10.1. The van der Waals surface area contributed by atoms with Crippen molar-refractivity contribution in [1.82, 2.24) is 0 Å². The predicted molar refractivity (Wildman–Crippen MR) is 109 cm³/mol. The SMILES string of the molecule is COc1cccc([C@H](C)N(c2ccc(C)cc2)S(=O)(=O)c2ccccc2)c1. The van der Waals surface area contributed by atoms with Gasteiger partial charge >= 0.3 is 0 Å². The van der Waals surface area contributed by atoms with Crippen molar-refractivity contribution in [2.75, 3.05) is 11.4 Å². The summed E-state index contributed by atoms with van der Waals surface area (Å²) in [5.74, 6) is 0.695. The molecule has 0 aliphatic rings. The van der Waals surface area contributed by atoms with Crippen LogP contribution in [0.1, 0.15) is 24.1 Å². The summed E-state index contributed by atoms with van der Waals surface area (Å²) in [7, 11) is -2.14. The number of sulfonamides is 1. The van der Waals surface area contributed by atoms with Gasteiger partial charge in [-0.3, -0.25) is 4.31 Å². The molecule has 0 amide bonds. The zero-order valence-corrected chi connectivity index (χ0v) is 16.5. The lowest BCUT2D eigenvalue weighted by Crippen LogP contribution is -2.33. The van der Waals surface area contributed by atoms with Gasteiger partial charge < -0.3 is 4.74 Å². The third kappa shape index (κ3) is 3.98. The standard InChI is InChI=1S/C22H23NO3S/c1-17-12-14-20(15-13-17)23(27(24,25)22-10-5-4-6-11-22)18(2)19-8-7-9-21(16-19)26-3/h4-16,18H,1-3H3/t18-/m0/s1. The highest BCUT2D eigenvalue weighted by Gasteiger charge is 2.30. The van der Waals surface area contributed by atoms with Crippen molar-refractivity contribution in [3.8, 4) is 5.75 Å². The van der Waals surface area contributed by atoms with Crippen LogP contribution in [0.25, 0.3) is 0 Å². The van der Waals surface area contributed by atoms with Crippen molar-refractivity contribution in [3.63, 3.8) is 0 Å². The van der Waals surface area contributed by atoms with Gasteiger partial charge in [-0.15, -0.1) is 0 Å². The van der Waals surface area contributed by atoms with E-state index in [9.17, 15) is 8.42 Å². The minimum Gasteiger partial charge on any atom is -0.497 e. The highest BCUT2D eigenvalue weighted by Crippen LogP contribution is 2.34. The highest BCUT2D eigenvalue weighted by molar-refractivity contribution is 7.92. The quantitative estimate of drug-likeness (QED) is 0.606. The molecule has 5 heteroatoms. The van der Waals surface area contributed by atoms with Crippen LogP contribution >= 0.6 is 0 Å². The largest absolute Gasteiger partial charge is 0.497 e. The van der Waals surface area contributed by atoms with Crippen LogP contribution in [0.15, 0.2) is 83.8 Å². The van der Waals surface area contributed by atoms with E-state index < -0.39 is 16.1 Å². The molecule has 3 aromatic carbocycles. The molecule has 0 N–H and O–H groups in total. The van der Waals surface area contributed by atoms with E-state index in [4.69, 9.17) is 4.74 Å². The highest BCUT2D eigenvalue weighted by atomic mass is 32.2. The molecule has 0 aliphatic carbocycles. The van der Waals surface area contributed by atoms with Crippen LogP contribution in [0.3, 0.4) is 0 Å². The summed E-state index contributed by atoms with van der Waals surface area (Å²) < 4.78 is 33.7. The van der Waals surface area contributed by atoms with E-state index in [-0.39, 0.29) is 4.90 Å². The summed E-state index contributed by atoms with van der Waals surface area (Å²) in [6.45, 7) is 3.86. The molecule has 0 heterocycles. The van der Waals surface area contributed by atoms with Crippen molar-refractivity contribution in [2.24, 2.45) is 0 Å². The fourth-order valence-corrected chi connectivity index (χ4v) is 4.67. The average molecular weight is 381 g/mol. The Morgan fingerprint density at radius 2 is 1.56 bits per heavy atom. The van der Waals surface area contributed by atoms with Crippen LogP contribution in [-0.4, -0.2) is 15.5 Å². The van der Waals surface area contributed by atoms with E-state index in [0.29, 0.717) is 11.4 Å². The van der Waals surface area contributed by atoms with E-state index >= 15 is 0 Å². The zero-order chi connectivity index (χ0) is 19.4. The number of anilines is 1. The summed E-state index contributed by atoms with van der Waals surface area (Å²) in [6.07, 6.45) is 0. The number of nitrogens with zero attached hydrogens (tertiary/aromatic N) is 1. The number of aryl methyl sites for hydroxylation is 1. The lowest BCUT2D eigenvalue weighted by Gasteiger charge is -2.31. The van der Waals surface area contributed by atoms with E-state index in [1.807, 2.05) is 62.4 Å². The van der Waals surface area contributed by atoms with Crippen molar-refractivity contribution in [2.45, 2.75) is 24.8 Å². The smallest absolute Gasteiger partial charge is 0.264 e. The second kappa shape index (κ2) is 7.84. The molecule has 3 aromatic rings. The number of ether oxygens (including phenoxy) is 1. The average Bonchev–Trinajstić information content (AvgIpc) is 2.70. The van der Waals surface area contributed by atoms with Crippen LogP contribution in [-0.2, 0) is 10.0 Å². The van der Waals surface area contributed by atoms with Gasteiger partial charge in [0.05, 0.1) is 23.7 Å². The van der Waals surface area contributed by atoms with Crippen LogP contribution in [0.5, 0.6) is 5.75 Å². The number of benzene rings is 3. The molecule has 0 aromatic heterocycles. The molecule has 0 aliphatic heterocycles. The van der Waals surface area contributed by atoms with E-state index in [0.717, 1.165) is 11.1 Å². The maximum atomic E-state index is 13.5. The molecular formula is C22H23NO3S. The topological polar surface area (TPSA) is 46.6 Å². The van der Waals surface area contributed by atoms with Gasteiger partial charge in [0.1, 0.15) is 5.75 Å². The van der Waals surface area contributed by atoms with Gasteiger partial charge in [0.15, 0.2) is 0 Å². The molecule has 0 saturated heterocycles. The zero-order valence-electron chi connectivity index (χ0n) is 15.7. The minimum absolute atomic E-state index is 0.264. The Labute approximate surface area is 161 Å². The molecule has 3 rings (SSSR count). The van der Waals surface area contributed by atoms with E-state index in [1.165, 1.54) is 4.31 Å². The molecular weight excluding hydrogens is 358 g/mol. The molecule has 0 saturated carbocycles. The monoisotopic (exact) mass is 381 g/mol. The Morgan fingerprint density at radius 3 is 2.19 bits per heavy atom. The molecule has 27 heavy (non-hydrogen) atoms. The van der Waals surface area contributed by atoms with Crippen molar-refractivity contribution < 1.29 is 13.2 Å². The first-order valence-electron chi connectivity index (χ1n) is 8.73. The molecule has 4 nitrogen and oxygen atoms in total. The molecule has 140 valence electrons. The first kappa shape index (κ1) is 19.0. The second-order valence-corrected chi connectivity index (χ2v) is 8.22. The van der Waals surface area contributed by atoms with Crippen LogP contribution < -0.4 is 9.04 Å². The number of hydrogen-bond acceptors (Lipinski definition) is 3. The summed E-state index contributed by atoms with van der Waals surface area (Å²) in [5, 5.41) is 0. The van der Waals surface area contributed by atoms with Gasteiger partial charge in [-0.2, -0.15) is 0 Å². The van der Waals surface area contributed by atoms with Gasteiger partial charge in [-0.1, -0.05) is 48.0 Å². The summed E-state index contributed by atoms with van der Waals surface area (Å²) in [4.78, 5) is 0.264. The lowest BCUT2D eigenvalue weighted by molar-refractivity contribution is 0.414. The van der Waals surface area contributed by atoms with Crippen molar-refractivity contribution in [1.29, 1.82) is 0 Å². The minimum atomic E-state index is -3.74. The van der Waals surface area contributed by atoms with Crippen LogP contribution in [0.4, 0.5) is 5.69 Å². The van der Waals surface area contributed by atoms with Gasteiger partial charge in [-0.05, 0) is 55.8 Å². The maximum Gasteiger partial charge on any atom is 0.264 e. The van der Waals surface area contributed by atoms with E-state index in [2.05, 4.69) is 0 Å². The van der Waals surface area contributed by atoms with E-state index in [1.54, 1.807) is 37.4 Å². The Kier molecular flexibility index (Phi) is 5.51. The Balaban J connectivity index is 2.14. The first-order chi connectivity index (χ1) is 12.9. The Hall–Kier alpha value is -2.79. The Bertz CT molecular complexity index is 999. The molecule has 0 unspecified atom stereocenters. The maximum absolute atomic E-state index is 13.5. The number of methoxy groups -OCH3 is 1. The summed E-state index contributed by atoms with van der Waals surface area (Å²) in [5.41, 5.74) is 2.55. The predicted octanol–water partition coefficient (Wildman–Crippen LogP) is 4.96. The van der Waals surface area contributed by atoms with Gasteiger partial charge in [0.25, 0.3) is 10.0 Å². The van der Waals surface area contributed by atoms with Crippen molar-refractivity contribution in [3.05, 3.63) is 90.0 Å². The summed E-state index contributed by atoms with van der Waals surface area (Å²) in [6, 6.07) is 23.1. The second-order valence-electron chi connectivity index (χ2n) is 6.40.